The molecule has 0 saturated heterocycles. The molecule has 0 radical (unpaired) electrons. The van der Waals surface area contributed by atoms with Crippen LogP contribution < -0.4 is 10.6 Å². The highest BCUT2D eigenvalue weighted by molar-refractivity contribution is 5.99. The Morgan fingerprint density at radius 2 is 2.14 bits per heavy atom. The van der Waals surface area contributed by atoms with Crippen molar-refractivity contribution in [3.63, 3.8) is 0 Å². The van der Waals surface area contributed by atoms with E-state index in [-0.39, 0.29) is 11.9 Å². The molecule has 21 heavy (non-hydrogen) atoms. The molecule has 0 aliphatic rings. The minimum atomic E-state index is -0.276. The maximum atomic E-state index is 12.4. The first-order valence-corrected chi connectivity index (χ1v) is 7.09. The first kappa shape index (κ1) is 15.1. The molecule has 1 heterocycles. The van der Waals surface area contributed by atoms with Gasteiger partial charge in [-0.1, -0.05) is 6.07 Å². The van der Waals surface area contributed by atoms with Crippen LogP contribution in [0.25, 0.3) is 0 Å². The number of nitrogens with zero attached hydrogens (tertiary/aromatic N) is 1. The SMILES string of the molecule is CCNc1cc(C)ccc1C(=O)NC(C)c1ncc(C)o1. The minimum Gasteiger partial charge on any atom is -0.444 e. The highest BCUT2D eigenvalue weighted by Gasteiger charge is 2.17. The Balaban J connectivity index is 2.16. The number of anilines is 1. The van der Waals surface area contributed by atoms with E-state index in [1.54, 1.807) is 6.20 Å². The van der Waals surface area contributed by atoms with E-state index in [1.165, 1.54) is 0 Å². The molecule has 1 aromatic carbocycles. The van der Waals surface area contributed by atoms with E-state index in [0.29, 0.717) is 11.5 Å². The van der Waals surface area contributed by atoms with Crippen LogP contribution in [-0.4, -0.2) is 17.4 Å². The second-order valence-electron chi connectivity index (χ2n) is 5.08. The van der Waals surface area contributed by atoms with Crippen LogP contribution in [0.15, 0.2) is 28.8 Å². The third kappa shape index (κ3) is 3.62. The topological polar surface area (TPSA) is 67.2 Å². The summed E-state index contributed by atoms with van der Waals surface area (Å²) in [5.74, 6) is 1.10. The number of carbonyl (C=O) groups is 1. The van der Waals surface area contributed by atoms with Crippen LogP contribution in [0.3, 0.4) is 0 Å². The van der Waals surface area contributed by atoms with Crippen molar-refractivity contribution in [1.29, 1.82) is 0 Å². The number of rotatable bonds is 5. The second-order valence-corrected chi connectivity index (χ2v) is 5.08. The smallest absolute Gasteiger partial charge is 0.254 e. The van der Waals surface area contributed by atoms with E-state index in [4.69, 9.17) is 4.42 Å². The van der Waals surface area contributed by atoms with Gasteiger partial charge in [0.25, 0.3) is 5.91 Å². The summed E-state index contributed by atoms with van der Waals surface area (Å²) in [5, 5.41) is 6.12. The van der Waals surface area contributed by atoms with Crippen LogP contribution in [0.5, 0.6) is 0 Å². The van der Waals surface area contributed by atoms with E-state index in [9.17, 15) is 4.79 Å². The van der Waals surface area contributed by atoms with E-state index in [0.717, 1.165) is 23.6 Å². The van der Waals surface area contributed by atoms with Gasteiger partial charge < -0.3 is 15.1 Å². The molecule has 0 aliphatic carbocycles. The monoisotopic (exact) mass is 287 g/mol. The van der Waals surface area contributed by atoms with Crippen LogP contribution in [0.1, 0.15) is 47.5 Å². The molecular formula is C16H21N3O2. The summed E-state index contributed by atoms with van der Waals surface area (Å²) in [6, 6.07) is 5.45. The van der Waals surface area contributed by atoms with Crippen LogP contribution in [-0.2, 0) is 0 Å². The van der Waals surface area contributed by atoms with E-state index < -0.39 is 0 Å². The second kappa shape index (κ2) is 6.43. The summed E-state index contributed by atoms with van der Waals surface area (Å²) in [5.41, 5.74) is 2.57. The number of aryl methyl sites for hydroxylation is 2. The molecule has 2 N–H and O–H groups in total. The lowest BCUT2D eigenvalue weighted by Crippen LogP contribution is -2.27. The Morgan fingerprint density at radius 1 is 1.38 bits per heavy atom. The third-order valence-electron chi connectivity index (χ3n) is 3.14. The summed E-state index contributed by atoms with van der Waals surface area (Å²) < 4.78 is 5.44. The van der Waals surface area contributed by atoms with Crippen molar-refractivity contribution in [2.75, 3.05) is 11.9 Å². The molecular weight excluding hydrogens is 266 g/mol. The van der Waals surface area contributed by atoms with Crippen molar-refractivity contribution < 1.29 is 9.21 Å². The lowest BCUT2D eigenvalue weighted by atomic mass is 10.1. The first-order valence-electron chi connectivity index (χ1n) is 7.09. The summed E-state index contributed by atoms with van der Waals surface area (Å²) >= 11 is 0. The Hall–Kier alpha value is -2.30. The van der Waals surface area contributed by atoms with Gasteiger partial charge in [-0.25, -0.2) is 4.98 Å². The third-order valence-corrected chi connectivity index (χ3v) is 3.14. The van der Waals surface area contributed by atoms with Crippen LogP contribution in [0.2, 0.25) is 0 Å². The van der Waals surface area contributed by atoms with E-state index in [2.05, 4.69) is 15.6 Å². The van der Waals surface area contributed by atoms with Gasteiger partial charge in [-0.05, 0) is 45.4 Å². The molecule has 1 amide bonds. The Kier molecular flexibility index (Phi) is 4.62. The molecule has 0 aliphatic heterocycles. The van der Waals surface area contributed by atoms with Crippen LogP contribution in [0, 0.1) is 13.8 Å². The molecule has 112 valence electrons. The largest absolute Gasteiger partial charge is 0.444 e. The highest BCUT2D eigenvalue weighted by atomic mass is 16.4. The highest BCUT2D eigenvalue weighted by Crippen LogP contribution is 2.19. The molecule has 1 unspecified atom stereocenters. The van der Waals surface area contributed by atoms with Gasteiger partial charge in [0.15, 0.2) is 0 Å². The summed E-state index contributed by atoms with van der Waals surface area (Å²) in [6.45, 7) is 8.44. The van der Waals surface area contributed by atoms with Gasteiger partial charge in [0, 0.05) is 12.2 Å². The fourth-order valence-corrected chi connectivity index (χ4v) is 2.10. The summed E-state index contributed by atoms with van der Waals surface area (Å²) in [7, 11) is 0. The zero-order chi connectivity index (χ0) is 15.4. The maximum Gasteiger partial charge on any atom is 0.254 e. The number of carbonyl (C=O) groups excluding carboxylic acids is 1. The van der Waals surface area contributed by atoms with Gasteiger partial charge in [0.1, 0.15) is 11.8 Å². The molecule has 5 nitrogen and oxygen atoms in total. The molecule has 0 bridgehead atoms. The maximum absolute atomic E-state index is 12.4. The molecule has 5 heteroatoms. The van der Waals surface area contributed by atoms with Crippen molar-refractivity contribution in [3.05, 3.63) is 47.2 Å². The quantitative estimate of drug-likeness (QED) is 0.886. The van der Waals surface area contributed by atoms with Gasteiger partial charge in [-0.15, -0.1) is 0 Å². The Bertz CT molecular complexity index is 634. The fraction of sp³-hybridized carbons (Fsp3) is 0.375. The number of benzene rings is 1. The van der Waals surface area contributed by atoms with Gasteiger partial charge >= 0.3 is 0 Å². The molecule has 0 fully saturated rings. The number of hydrogen-bond donors (Lipinski definition) is 2. The minimum absolute atomic E-state index is 0.144. The van der Waals surface area contributed by atoms with Gasteiger partial charge in [0.05, 0.1) is 11.8 Å². The lowest BCUT2D eigenvalue weighted by Gasteiger charge is -2.14. The van der Waals surface area contributed by atoms with Crippen LogP contribution in [0.4, 0.5) is 5.69 Å². The number of hydrogen-bond acceptors (Lipinski definition) is 4. The Labute approximate surface area is 124 Å². The van der Waals surface area contributed by atoms with Crippen molar-refractivity contribution in [2.24, 2.45) is 0 Å². The fourth-order valence-electron chi connectivity index (χ4n) is 2.10. The van der Waals surface area contributed by atoms with E-state index >= 15 is 0 Å². The molecule has 2 rings (SSSR count). The van der Waals surface area contributed by atoms with Gasteiger partial charge in [0.2, 0.25) is 5.89 Å². The zero-order valence-corrected chi connectivity index (χ0v) is 12.9. The van der Waals surface area contributed by atoms with Crippen molar-refractivity contribution in [3.8, 4) is 0 Å². The predicted molar refractivity (Wildman–Crippen MR) is 82.5 cm³/mol. The van der Waals surface area contributed by atoms with Crippen molar-refractivity contribution >= 4 is 11.6 Å². The van der Waals surface area contributed by atoms with Crippen LogP contribution >= 0.6 is 0 Å². The average molecular weight is 287 g/mol. The lowest BCUT2D eigenvalue weighted by molar-refractivity contribution is 0.0934. The Morgan fingerprint density at radius 3 is 2.76 bits per heavy atom. The van der Waals surface area contributed by atoms with Gasteiger partial charge in [-0.3, -0.25) is 4.79 Å². The van der Waals surface area contributed by atoms with Crippen molar-refractivity contribution in [2.45, 2.75) is 33.7 Å². The number of aromatic nitrogens is 1. The summed E-state index contributed by atoms with van der Waals surface area (Å²) in [4.78, 5) is 16.6. The molecule has 1 aromatic heterocycles. The number of oxazole rings is 1. The molecule has 0 spiro atoms. The molecule has 2 aromatic rings. The van der Waals surface area contributed by atoms with E-state index in [1.807, 2.05) is 45.9 Å². The normalized spacial score (nSPS) is 12.0. The summed E-state index contributed by atoms with van der Waals surface area (Å²) in [6.07, 6.45) is 1.65. The first-order chi connectivity index (χ1) is 10.0. The molecule has 0 saturated carbocycles. The van der Waals surface area contributed by atoms with Crippen molar-refractivity contribution in [1.82, 2.24) is 10.3 Å². The number of amides is 1. The average Bonchev–Trinajstić information content (AvgIpc) is 2.86. The zero-order valence-electron chi connectivity index (χ0n) is 12.9. The number of nitrogens with one attached hydrogen (secondary N) is 2. The molecule has 1 atom stereocenters. The predicted octanol–water partition coefficient (Wildman–Crippen LogP) is 3.21. The van der Waals surface area contributed by atoms with Gasteiger partial charge in [-0.2, -0.15) is 0 Å². The standard InChI is InChI=1S/C16H21N3O2/c1-5-17-14-8-10(2)6-7-13(14)15(20)19-12(4)16-18-9-11(3)21-16/h6-9,12,17H,5H2,1-4H3,(H,19,20).